The Morgan fingerprint density at radius 3 is 2.44 bits per heavy atom. The predicted molar refractivity (Wildman–Crippen MR) is 149 cm³/mol. The van der Waals surface area contributed by atoms with E-state index in [0.29, 0.717) is 30.5 Å². The number of anilines is 5. The van der Waals surface area contributed by atoms with Gasteiger partial charge in [0.25, 0.3) is 0 Å². The number of urea groups is 1. The molecule has 1 aliphatic heterocycles. The van der Waals surface area contributed by atoms with Crippen molar-refractivity contribution in [3.63, 3.8) is 0 Å². The van der Waals surface area contributed by atoms with Crippen LogP contribution in [0.4, 0.5) is 33.9 Å². The molecule has 13 heteroatoms. The number of nitrogens with one attached hydrogen (secondary N) is 3. The smallest absolute Gasteiger partial charge is 0.319 e. The molecule has 2 aromatic heterocycles. The van der Waals surface area contributed by atoms with E-state index in [1.807, 2.05) is 35.2 Å². The van der Waals surface area contributed by atoms with E-state index < -0.39 is 0 Å². The van der Waals surface area contributed by atoms with Gasteiger partial charge in [-0.15, -0.1) is 5.10 Å². The molecule has 1 aliphatic carbocycles. The van der Waals surface area contributed by atoms with E-state index in [4.69, 9.17) is 5.73 Å². The first-order chi connectivity index (χ1) is 18.9. The van der Waals surface area contributed by atoms with Crippen LogP contribution in [0.5, 0.6) is 0 Å². The Morgan fingerprint density at radius 2 is 1.67 bits per heavy atom. The van der Waals surface area contributed by atoms with Crippen molar-refractivity contribution in [3.05, 3.63) is 36.7 Å². The lowest BCUT2D eigenvalue weighted by Crippen LogP contribution is -2.38. The maximum Gasteiger partial charge on any atom is 0.319 e. The fourth-order valence-electron chi connectivity index (χ4n) is 5.00. The lowest BCUT2D eigenvalue weighted by Gasteiger charge is -2.22. The summed E-state index contributed by atoms with van der Waals surface area (Å²) in [5.74, 6) is 1.81. The molecule has 0 bridgehead atoms. The normalized spacial score (nSPS) is 16.4. The Labute approximate surface area is 227 Å². The summed E-state index contributed by atoms with van der Waals surface area (Å²) >= 11 is 0. The van der Waals surface area contributed by atoms with Gasteiger partial charge in [0.15, 0.2) is 5.82 Å². The summed E-state index contributed by atoms with van der Waals surface area (Å²) in [4.78, 5) is 41.1. The molecule has 1 aromatic carbocycles. The molecule has 3 amide bonds. The lowest BCUT2D eigenvalue weighted by molar-refractivity contribution is -0.128. The van der Waals surface area contributed by atoms with Crippen LogP contribution < -0.4 is 26.6 Å². The first kappa shape index (κ1) is 26.2. The third kappa shape index (κ3) is 6.72. The van der Waals surface area contributed by atoms with Gasteiger partial charge in [-0.05, 0) is 43.5 Å². The third-order valence-corrected chi connectivity index (χ3v) is 7.09. The summed E-state index contributed by atoms with van der Waals surface area (Å²) in [6.07, 6.45) is 7.98. The van der Waals surface area contributed by atoms with Crippen LogP contribution in [-0.2, 0) is 4.79 Å². The number of amides is 3. The van der Waals surface area contributed by atoms with Crippen molar-refractivity contribution in [1.82, 2.24) is 34.9 Å². The fraction of sp³-hybridized carbons (Fsp3) is 0.462. The van der Waals surface area contributed by atoms with E-state index in [0.717, 1.165) is 56.7 Å². The second kappa shape index (κ2) is 12.0. The van der Waals surface area contributed by atoms with E-state index in [1.54, 1.807) is 6.92 Å². The van der Waals surface area contributed by atoms with Crippen LogP contribution >= 0.6 is 0 Å². The maximum absolute atomic E-state index is 12.3. The number of carbonyl (C=O) groups is 2. The van der Waals surface area contributed by atoms with Gasteiger partial charge in [-0.2, -0.15) is 9.67 Å². The molecule has 2 aliphatic rings. The Balaban J connectivity index is 1.20. The fourth-order valence-corrected chi connectivity index (χ4v) is 5.00. The molecule has 39 heavy (non-hydrogen) atoms. The largest absolute Gasteiger partial charge is 0.368 e. The third-order valence-electron chi connectivity index (χ3n) is 7.09. The Bertz CT molecular complexity index is 1290. The summed E-state index contributed by atoms with van der Waals surface area (Å²) in [6.45, 7) is 4.45. The van der Waals surface area contributed by atoms with Crippen LogP contribution in [0.3, 0.4) is 0 Å². The molecule has 3 heterocycles. The summed E-state index contributed by atoms with van der Waals surface area (Å²) in [5.41, 5.74) is 7.60. The monoisotopic (exact) mass is 533 g/mol. The van der Waals surface area contributed by atoms with Gasteiger partial charge in [0, 0.05) is 56.6 Å². The molecular formula is C26H35N11O2. The van der Waals surface area contributed by atoms with Gasteiger partial charge in [0.05, 0.1) is 0 Å². The van der Waals surface area contributed by atoms with Crippen molar-refractivity contribution in [3.8, 4) is 5.82 Å². The molecule has 1 saturated carbocycles. The number of benzene rings is 1. The van der Waals surface area contributed by atoms with Crippen molar-refractivity contribution >= 4 is 41.0 Å². The zero-order valence-corrected chi connectivity index (χ0v) is 22.1. The van der Waals surface area contributed by atoms with E-state index in [2.05, 4.69) is 40.9 Å². The molecule has 206 valence electrons. The molecule has 3 aromatic rings. The van der Waals surface area contributed by atoms with Crippen molar-refractivity contribution in [1.29, 1.82) is 0 Å². The minimum atomic E-state index is -0.184. The van der Waals surface area contributed by atoms with Gasteiger partial charge in [-0.25, -0.2) is 14.8 Å². The van der Waals surface area contributed by atoms with Gasteiger partial charge in [0.1, 0.15) is 12.1 Å². The molecular weight excluding hydrogens is 498 g/mol. The number of hydrogen-bond donors (Lipinski definition) is 4. The molecule has 0 spiro atoms. The summed E-state index contributed by atoms with van der Waals surface area (Å²) < 4.78 is 1.46. The first-order valence-corrected chi connectivity index (χ1v) is 13.4. The summed E-state index contributed by atoms with van der Waals surface area (Å²) in [7, 11) is 0. The van der Waals surface area contributed by atoms with Crippen molar-refractivity contribution in [2.24, 2.45) is 0 Å². The Morgan fingerprint density at radius 1 is 0.923 bits per heavy atom. The van der Waals surface area contributed by atoms with E-state index in [9.17, 15) is 9.59 Å². The average molecular weight is 534 g/mol. The number of aromatic nitrogens is 5. The van der Waals surface area contributed by atoms with Crippen LogP contribution in [-0.4, -0.2) is 73.8 Å². The molecule has 5 rings (SSSR count). The predicted octanol–water partition coefficient (Wildman–Crippen LogP) is 2.90. The van der Waals surface area contributed by atoms with Gasteiger partial charge < -0.3 is 31.5 Å². The van der Waals surface area contributed by atoms with E-state index in [1.165, 1.54) is 17.4 Å². The van der Waals surface area contributed by atoms with E-state index in [-0.39, 0.29) is 23.9 Å². The van der Waals surface area contributed by atoms with Gasteiger partial charge in [-0.1, -0.05) is 19.3 Å². The summed E-state index contributed by atoms with van der Waals surface area (Å²) in [6, 6.07) is 9.17. The highest BCUT2D eigenvalue weighted by molar-refractivity contribution is 5.89. The van der Waals surface area contributed by atoms with Crippen molar-refractivity contribution in [2.75, 3.05) is 47.4 Å². The van der Waals surface area contributed by atoms with Crippen LogP contribution in [0, 0.1) is 0 Å². The number of rotatable bonds is 6. The van der Waals surface area contributed by atoms with Crippen molar-refractivity contribution < 1.29 is 9.59 Å². The number of nitrogens with two attached hydrogens (primary N) is 1. The minimum absolute atomic E-state index is 0.0849. The molecule has 0 unspecified atom stereocenters. The van der Waals surface area contributed by atoms with Crippen LogP contribution in [0.2, 0.25) is 0 Å². The Hall–Kier alpha value is -4.42. The molecule has 13 nitrogen and oxygen atoms in total. The quantitative estimate of drug-likeness (QED) is 0.374. The van der Waals surface area contributed by atoms with Crippen molar-refractivity contribution in [2.45, 2.75) is 51.5 Å². The van der Waals surface area contributed by atoms with Crippen LogP contribution in [0.1, 0.15) is 45.4 Å². The topological polar surface area (TPSA) is 159 Å². The second-order valence-electron chi connectivity index (χ2n) is 9.92. The molecule has 0 radical (unpaired) electrons. The number of nitrogens with zero attached hydrogens (tertiary/aromatic N) is 7. The van der Waals surface area contributed by atoms with Gasteiger partial charge >= 0.3 is 6.03 Å². The Kier molecular flexibility index (Phi) is 8.04. The highest BCUT2D eigenvalue weighted by Crippen LogP contribution is 2.22. The molecule has 0 atom stereocenters. The van der Waals surface area contributed by atoms with Crippen LogP contribution in [0.15, 0.2) is 36.7 Å². The van der Waals surface area contributed by atoms with Gasteiger partial charge in [0.2, 0.25) is 17.8 Å². The highest BCUT2D eigenvalue weighted by Gasteiger charge is 2.19. The summed E-state index contributed by atoms with van der Waals surface area (Å²) in [5, 5.41) is 13.6. The molecule has 1 saturated heterocycles. The zero-order valence-electron chi connectivity index (χ0n) is 22.1. The second-order valence-corrected chi connectivity index (χ2v) is 9.92. The molecule has 2 fully saturated rings. The standard InChI is InChI=1S/C26H35N11O2/c1-18(38)35-12-5-13-36(15-14-35)22-16-23(29-17-28-22)37-24(27)33-25(34-37)30-20-8-10-21(11-9-20)32-26(39)31-19-6-3-2-4-7-19/h8-11,16-17,19H,2-7,12-15H2,1H3,(H2,31,32,39)(H3,27,30,33,34). The number of carbonyl (C=O) groups excluding carboxylic acids is 2. The highest BCUT2D eigenvalue weighted by atomic mass is 16.2. The minimum Gasteiger partial charge on any atom is -0.368 e. The average Bonchev–Trinajstić information content (AvgIpc) is 3.13. The molecule has 5 N–H and O–H groups in total. The first-order valence-electron chi connectivity index (χ1n) is 13.4. The number of nitrogen functional groups attached to an aromatic ring is 1. The zero-order chi connectivity index (χ0) is 27.2. The van der Waals surface area contributed by atoms with Crippen LogP contribution in [0.25, 0.3) is 5.82 Å². The number of hydrogen-bond acceptors (Lipinski definition) is 9. The maximum atomic E-state index is 12.3. The SMILES string of the molecule is CC(=O)N1CCCN(c2cc(-n3nc(Nc4ccc(NC(=O)NC5CCCCC5)cc4)nc3N)ncn2)CC1. The van der Waals surface area contributed by atoms with E-state index >= 15 is 0 Å². The van der Waals surface area contributed by atoms with Gasteiger partial charge in [-0.3, -0.25) is 4.79 Å². The lowest BCUT2D eigenvalue weighted by atomic mass is 9.96.